The van der Waals surface area contributed by atoms with Crippen LogP contribution >= 0.6 is 0 Å². The molecular weight excluding hydrogens is 421 g/mol. The number of nitrogens with two attached hydrogens (primary N) is 1. The highest BCUT2D eigenvalue weighted by Gasteiger charge is 2.48. The van der Waals surface area contributed by atoms with Gasteiger partial charge < -0.3 is 10.5 Å². The van der Waals surface area contributed by atoms with Crippen LogP contribution in [-0.4, -0.2) is 34.4 Å². The van der Waals surface area contributed by atoms with E-state index in [4.69, 9.17) is 10.5 Å². The molecule has 1 aliphatic rings. The van der Waals surface area contributed by atoms with Gasteiger partial charge in [-0.1, -0.05) is 0 Å². The molecule has 1 aromatic carbocycles. The first-order chi connectivity index (χ1) is 15.3. The zero-order valence-corrected chi connectivity index (χ0v) is 17.3. The highest BCUT2D eigenvalue weighted by atomic mass is 19.1. The molecule has 1 aliphatic carbocycles. The van der Waals surface area contributed by atoms with E-state index >= 15 is 0 Å². The Hall–Kier alpha value is -3.49. The number of amides is 1. The van der Waals surface area contributed by atoms with Gasteiger partial charge in [-0.3, -0.25) is 9.78 Å². The van der Waals surface area contributed by atoms with Gasteiger partial charge in [0.15, 0.2) is 0 Å². The minimum absolute atomic E-state index is 0.0193. The molecule has 0 radical (unpaired) electrons. The molecule has 3 aromatic rings. The van der Waals surface area contributed by atoms with Crippen molar-refractivity contribution in [3.05, 3.63) is 71.2 Å². The molecule has 0 aliphatic heterocycles. The monoisotopic (exact) mass is 442 g/mol. The van der Waals surface area contributed by atoms with E-state index in [9.17, 15) is 18.0 Å². The van der Waals surface area contributed by atoms with Crippen molar-refractivity contribution in [3.8, 4) is 17.0 Å². The van der Waals surface area contributed by atoms with Gasteiger partial charge in [-0.05, 0) is 62.1 Å². The number of halogens is 3. The number of nitrogens with zero attached hydrogens (tertiary/aromatic N) is 3. The van der Waals surface area contributed by atoms with Crippen molar-refractivity contribution in [3.63, 3.8) is 0 Å². The summed E-state index contributed by atoms with van der Waals surface area (Å²) in [5.41, 5.74) is 5.69. The molecule has 2 N–H and O–H groups in total. The van der Waals surface area contributed by atoms with Gasteiger partial charge in [-0.2, -0.15) is 10.2 Å². The van der Waals surface area contributed by atoms with Crippen molar-refractivity contribution in [1.29, 1.82) is 0 Å². The molecule has 6 nitrogen and oxygen atoms in total. The van der Waals surface area contributed by atoms with Crippen molar-refractivity contribution >= 4 is 5.91 Å². The first-order valence-electron chi connectivity index (χ1n) is 10.1. The number of primary amides is 1. The number of ether oxygens (including phenoxy) is 1. The maximum absolute atomic E-state index is 14.5. The van der Waals surface area contributed by atoms with Gasteiger partial charge in [0.25, 0.3) is 5.91 Å². The Morgan fingerprint density at radius 2 is 1.94 bits per heavy atom. The summed E-state index contributed by atoms with van der Waals surface area (Å²) in [6.07, 6.45) is 1.78. The standard InChI is InChI=1S/C23H21F3N4O2/c1-32-20-15(22(27)31)5-6-16(25)19(20)18-7-4-14(29-30-18)8-9-23(11-13(24)12-23)21-17(26)3-2-10-28-21/h2-7,10,13H,8-9,11-12H2,1H3,(H2,27,31)/t13-,23-. The largest absolute Gasteiger partial charge is 0.495 e. The summed E-state index contributed by atoms with van der Waals surface area (Å²) in [4.78, 5) is 15.8. The van der Waals surface area contributed by atoms with E-state index < -0.39 is 29.1 Å². The average molecular weight is 442 g/mol. The first-order valence-corrected chi connectivity index (χ1v) is 10.1. The quantitative estimate of drug-likeness (QED) is 0.599. The summed E-state index contributed by atoms with van der Waals surface area (Å²) in [6.45, 7) is 0. The summed E-state index contributed by atoms with van der Waals surface area (Å²) in [5.74, 6) is -1.86. The van der Waals surface area contributed by atoms with Crippen LogP contribution in [0.4, 0.5) is 13.2 Å². The van der Waals surface area contributed by atoms with Crippen LogP contribution in [0.5, 0.6) is 5.75 Å². The molecule has 1 amide bonds. The maximum Gasteiger partial charge on any atom is 0.252 e. The van der Waals surface area contributed by atoms with E-state index in [0.717, 1.165) is 6.07 Å². The highest BCUT2D eigenvalue weighted by Crippen LogP contribution is 2.48. The molecule has 2 aromatic heterocycles. The second kappa shape index (κ2) is 8.57. The van der Waals surface area contributed by atoms with Gasteiger partial charge in [-0.15, -0.1) is 0 Å². The average Bonchev–Trinajstić information content (AvgIpc) is 2.76. The Kier molecular flexibility index (Phi) is 5.82. The Balaban J connectivity index is 1.57. The van der Waals surface area contributed by atoms with Crippen molar-refractivity contribution < 1.29 is 22.7 Å². The molecule has 166 valence electrons. The van der Waals surface area contributed by atoms with Crippen LogP contribution < -0.4 is 10.5 Å². The van der Waals surface area contributed by atoms with Crippen LogP contribution in [0.2, 0.25) is 0 Å². The predicted molar refractivity (Wildman–Crippen MR) is 111 cm³/mol. The minimum atomic E-state index is -0.988. The third-order valence-corrected chi connectivity index (χ3v) is 5.90. The van der Waals surface area contributed by atoms with Gasteiger partial charge in [0.05, 0.1) is 35.3 Å². The fraction of sp³-hybridized carbons (Fsp3) is 0.304. The van der Waals surface area contributed by atoms with E-state index in [-0.39, 0.29) is 41.1 Å². The van der Waals surface area contributed by atoms with Gasteiger partial charge in [-0.25, -0.2) is 13.2 Å². The molecule has 4 rings (SSSR count). The number of carbonyl (C=O) groups is 1. The number of aromatic nitrogens is 3. The lowest BCUT2D eigenvalue weighted by molar-refractivity contribution is 0.0794. The molecule has 1 saturated carbocycles. The summed E-state index contributed by atoms with van der Waals surface area (Å²) in [6, 6.07) is 8.40. The van der Waals surface area contributed by atoms with E-state index in [0.29, 0.717) is 18.5 Å². The summed E-state index contributed by atoms with van der Waals surface area (Å²) in [7, 11) is 1.31. The van der Waals surface area contributed by atoms with Crippen LogP contribution in [0.1, 0.15) is 41.0 Å². The fourth-order valence-electron chi connectivity index (χ4n) is 4.28. The number of rotatable bonds is 7. The van der Waals surface area contributed by atoms with E-state index in [1.54, 1.807) is 12.1 Å². The number of aryl methyl sites for hydroxylation is 1. The van der Waals surface area contributed by atoms with Gasteiger partial charge in [0, 0.05) is 11.6 Å². The number of hydrogen-bond acceptors (Lipinski definition) is 5. The highest BCUT2D eigenvalue weighted by molar-refractivity contribution is 5.98. The molecule has 2 heterocycles. The van der Waals surface area contributed by atoms with Gasteiger partial charge >= 0.3 is 0 Å². The Morgan fingerprint density at radius 1 is 1.16 bits per heavy atom. The molecule has 0 bridgehead atoms. The summed E-state index contributed by atoms with van der Waals surface area (Å²) >= 11 is 0. The molecule has 0 atom stereocenters. The summed E-state index contributed by atoms with van der Waals surface area (Å²) < 4.78 is 47.8. The molecule has 0 saturated heterocycles. The molecule has 32 heavy (non-hydrogen) atoms. The molecule has 1 fully saturated rings. The van der Waals surface area contributed by atoms with E-state index in [2.05, 4.69) is 15.2 Å². The predicted octanol–water partition coefficient (Wildman–Crippen LogP) is 3.93. The third-order valence-electron chi connectivity index (χ3n) is 5.90. The van der Waals surface area contributed by atoms with Gasteiger partial charge in [0.2, 0.25) is 0 Å². The molecular formula is C23H21F3N4O2. The fourth-order valence-corrected chi connectivity index (χ4v) is 4.28. The molecule has 0 spiro atoms. The summed E-state index contributed by atoms with van der Waals surface area (Å²) in [5, 5.41) is 8.23. The second-order valence-electron chi connectivity index (χ2n) is 7.90. The number of benzene rings is 1. The number of pyridine rings is 1. The van der Waals surface area contributed by atoms with Crippen molar-refractivity contribution in [2.24, 2.45) is 5.73 Å². The maximum atomic E-state index is 14.5. The number of methoxy groups -OCH3 is 1. The first kappa shape index (κ1) is 21.7. The third kappa shape index (κ3) is 3.90. The zero-order valence-electron chi connectivity index (χ0n) is 17.3. The van der Waals surface area contributed by atoms with Crippen molar-refractivity contribution in [2.75, 3.05) is 7.11 Å². The lowest BCUT2D eigenvalue weighted by atomic mass is 9.62. The van der Waals surface area contributed by atoms with Crippen LogP contribution in [0.15, 0.2) is 42.6 Å². The van der Waals surface area contributed by atoms with Gasteiger partial charge in [0.1, 0.15) is 23.6 Å². The zero-order chi connectivity index (χ0) is 22.9. The SMILES string of the molecule is COc1c(C(N)=O)ccc(F)c1-c1ccc(CC[C@]2(c3ncccc3F)C[C@H](F)C2)nn1. The normalized spacial score (nSPS) is 19.9. The lowest BCUT2D eigenvalue weighted by Gasteiger charge is -2.44. The van der Waals surface area contributed by atoms with E-state index in [1.807, 2.05) is 0 Å². The van der Waals surface area contributed by atoms with Crippen molar-refractivity contribution in [2.45, 2.75) is 37.3 Å². The van der Waals surface area contributed by atoms with Crippen LogP contribution in [0.3, 0.4) is 0 Å². The molecule has 9 heteroatoms. The topological polar surface area (TPSA) is 91.0 Å². The minimum Gasteiger partial charge on any atom is -0.495 e. The molecule has 0 unspecified atom stereocenters. The second-order valence-corrected chi connectivity index (χ2v) is 7.90. The Labute approximate surface area is 182 Å². The Bertz CT molecular complexity index is 1150. The Morgan fingerprint density at radius 3 is 2.53 bits per heavy atom. The van der Waals surface area contributed by atoms with Crippen LogP contribution in [0.25, 0.3) is 11.3 Å². The number of alkyl halides is 1. The van der Waals surface area contributed by atoms with E-state index in [1.165, 1.54) is 31.5 Å². The number of hydrogen-bond donors (Lipinski definition) is 1. The lowest BCUT2D eigenvalue weighted by Crippen LogP contribution is -2.44. The van der Waals surface area contributed by atoms with Crippen molar-refractivity contribution in [1.82, 2.24) is 15.2 Å². The van der Waals surface area contributed by atoms with Crippen LogP contribution in [-0.2, 0) is 11.8 Å². The smallest absolute Gasteiger partial charge is 0.252 e. The van der Waals surface area contributed by atoms with Crippen LogP contribution in [0, 0.1) is 11.6 Å². The number of carbonyl (C=O) groups excluding carboxylic acids is 1.